The summed E-state index contributed by atoms with van der Waals surface area (Å²) in [6, 6.07) is 10.6. The van der Waals surface area contributed by atoms with Crippen molar-refractivity contribution in [2.24, 2.45) is 0 Å². The maximum atomic E-state index is 13.1. The van der Waals surface area contributed by atoms with Gasteiger partial charge in [-0.3, -0.25) is 9.59 Å². The van der Waals surface area contributed by atoms with Crippen LogP contribution in [-0.4, -0.2) is 36.4 Å². The van der Waals surface area contributed by atoms with Gasteiger partial charge in [-0.2, -0.15) is 0 Å². The summed E-state index contributed by atoms with van der Waals surface area (Å²) < 4.78 is 18.4. The Kier molecular flexibility index (Phi) is 6.97. The Morgan fingerprint density at radius 1 is 1.15 bits per heavy atom. The van der Waals surface area contributed by atoms with E-state index in [0.717, 1.165) is 6.07 Å². The first-order valence-electron chi connectivity index (χ1n) is 8.21. The number of carbonyl (C=O) groups is 2. The highest BCUT2D eigenvalue weighted by atomic mass is 35.5. The molecule has 2 aromatic carbocycles. The molecule has 0 aliphatic rings. The lowest BCUT2D eigenvalue weighted by molar-refractivity contribution is -0.118. The second-order valence-electron chi connectivity index (χ2n) is 5.47. The molecule has 26 heavy (non-hydrogen) atoms. The summed E-state index contributed by atoms with van der Waals surface area (Å²) in [5.41, 5.74) is 0.992. The third-order valence-corrected chi connectivity index (χ3v) is 3.99. The fourth-order valence-corrected chi connectivity index (χ4v) is 2.51. The molecule has 0 radical (unpaired) electrons. The second kappa shape index (κ2) is 9.20. The number of ether oxygens (including phenoxy) is 1. The van der Waals surface area contributed by atoms with Gasteiger partial charge in [0.2, 0.25) is 0 Å². The van der Waals surface area contributed by atoms with Crippen molar-refractivity contribution in [3.63, 3.8) is 0 Å². The van der Waals surface area contributed by atoms with Crippen LogP contribution in [0.25, 0.3) is 0 Å². The maximum Gasteiger partial charge on any atom is 0.262 e. The van der Waals surface area contributed by atoms with Crippen LogP contribution in [0.15, 0.2) is 42.5 Å². The second-order valence-corrected chi connectivity index (χ2v) is 5.88. The van der Waals surface area contributed by atoms with Crippen LogP contribution in [-0.2, 0) is 4.79 Å². The zero-order chi connectivity index (χ0) is 19.1. The minimum atomic E-state index is -0.557. The molecule has 2 aromatic rings. The van der Waals surface area contributed by atoms with Crippen molar-refractivity contribution in [3.8, 4) is 5.75 Å². The van der Waals surface area contributed by atoms with Gasteiger partial charge in [-0.05, 0) is 44.2 Å². The average Bonchev–Trinajstić information content (AvgIpc) is 2.64. The molecule has 2 amide bonds. The van der Waals surface area contributed by atoms with E-state index in [-0.39, 0.29) is 23.3 Å². The molecule has 0 aliphatic heterocycles. The highest BCUT2D eigenvalue weighted by molar-refractivity contribution is 6.30. The molecule has 0 aliphatic carbocycles. The molecule has 7 heteroatoms. The Morgan fingerprint density at radius 3 is 2.54 bits per heavy atom. The third-order valence-electron chi connectivity index (χ3n) is 3.70. The van der Waals surface area contributed by atoms with Gasteiger partial charge < -0.3 is 15.0 Å². The molecule has 1 N–H and O–H groups in total. The molecule has 0 bridgehead atoms. The van der Waals surface area contributed by atoms with E-state index in [1.165, 1.54) is 12.1 Å². The van der Waals surface area contributed by atoms with Gasteiger partial charge in [0.25, 0.3) is 11.8 Å². The van der Waals surface area contributed by atoms with Gasteiger partial charge in [-0.15, -0.1) is 0 Å². The number of hydrogen-bond donors (Lipinski definition) is 1. The quantitative estimate of drug-likeness (QED) is 0.792. The molecule has 0 fully saturated rings. The zero-order valence-electron chi connectivity index (χ0n) is 14.6. The fourth-order valence-electron chi connectivity index (χ4n) is 2.34. The van der Waals surface area contributed by atoms with Gasteiger partial charge in [0.15, 0.2) is 6.61 Å². The number of nitrogens with zero attached hydrogens (tertiary/aromatic N) is 1. The van der Waals surface area contributed by atoms with E-state index < -0.39 is 11.7 Å². The zero-order valence-corrected chi connectivity index (χ0v) is 15.3. The van der Waals surface area contributed by atoms with E-state index in [0.29, 0.717) is 24.3 Å². The Labute approximate surface area is 156 Å². The van der Waals surface area contributed by atoms with E-state index in [2.05, 4.69) is 5.32 Å². The van der Waals surface area contributed by atoms with E-state index >= 15 is 0 Å². The largest absolute Gasteiger partial charge is 0.484 e. The van der Waals surface area contributed by atoms with Gasteiger partial charge in [0.05, 0.1) is 5.02 Å². The number of benzene rings is 2. The van der Waals surface area contributed by atoms with Crippen LogP contribution in [0.4, 0.5) is 10.1 Å². The predicted octanol–water partition coefficient (Wildman–Crippen LogP) is 3.98. The predicted molar refractivity (Wildman–Crippen MR) is 99.2 cm³/mol. The molecule has 0 spiro atoms. The SMILES string of the molecule is CCN(CC)C(=O)c1cccc(NC(=O)COc2ccc(F)c(Cl)c2)c1. The topological polar surface area (TPSA) is 58.6 Å². The van der Waals surface area contributed by atoms with Crippen molar-refractivity contribution in [1.82, 2.24) is 4.90 Å². The van der Waals surface area contributed by atoms with Crippen LogP contribution in [0.3, 0.4) is 0 Å². The summed E-state index contributed by atoms with van der Waals surface area (Å²) in [6.45, 7) is 4.77. The van der Waals surface area contributed by atoms with Gasteiger partial charge in [0.1, 0.15) is 11.6 Å². The summed E-state index contributed by atoms with van der Waals surface area (Å²) >= 11 is 5.66. The molecule has 2 rings (SSSR count). The van der Waals surface area contributed by atoms with Gasteiger partial charge in [-0.1, -0.05) is 17.7 Å². The van der Waals surface area contributed by atoms with Crippen LogP contribution in [0, 0.1) is 5.82 Å². The highest BCUT2D eigenvalue weighted by Gasteiger charge is 2.13. The summed E-state index contributed by atoms with van der Waals surface area (Å²) in [5.74, 6) is -0.767. The first kappa shape index (κ1) is 19.7. The Bertz CT molecular complexity index is 794. The summed E-state index contributed by atoms with van der Waals surface area (Å²) in [4.78, 5) is 26.1. The van der Waals surface area contributed by atoms with Gasteiger partial charge in [0, 0.05) is 30.4 Å². The van der Waals surface area contributed by atoms with Crippen LogP contribution in [0.2, 0.25) is 5.02 Å². The van der Waals surface area contributed by atoms with Crippen LogP contribution >= 0.6 is 11.6 Å². The maximum absolute atomic E-state index is 13.1. The van der Waals surface area contributed by atoms with Crippen LogP contribution in [0.5, 0.6) is 5.75 Å². The highest BCUT2D eigenvalue weighted by Crippen LogP contribution is 2.21. The standard InChI is InChI=1S/C19H20ClFN2O3/c1-3-23(4-2)19(25)13-6-5-7-14(10-13)22-18(24)12-26-15-8-9-17(21)16(20)11-15/h5-11H,3-4,12H2,1-2H3,(H,22,24). The number of hydrogen-bond acceptors (Lipinski definition) is 3. The van der Waals surface area contributed by atoms with Crippen LogP contribution in [0.1, 0.15) is 24.2 Å². The Balaban J connectivity index is 1.97. The molecule has 0 unspecified atom stereocenters. The fraction of sp³-hybridized carbons (Fsp3) is 0.263. The van der Waals surface area contributed by atoms with Crippen molar-refractivity contribution in [2.75, 3.05) is 25.0 Å². The van der Waals surface area contributed by atoms with Gasteiger partial charge >= 0.3 is 0 Å². The van der Waals surface area contributed by atoms with Crippen molar-refractivity contribution >= 4 is 29.1 Å². The molecule has 0 heterocycles. The van der Waals surface area contributed by atoms with Crippen molar-refractivity contribution in [2.45, 2.75) is 13.8 Å². The van der Waals surface area contributed by atoms with E-state index in [4.69, 9.17) is 16.3 Å². The molecule has 0 atom stereocenters. The number of halogens is 2. The van der Waals surface area contributed by atoms with Crippen LogP contribution < -0.4 is 10.1 Å². The first-order valence-corrected chi connectivity index (χ1v) is 8.59. The molecular formula is C19H20ClFN2O3. The minimum Gasteiger partial charge on any atom is -0.484 e. The van der Waals surface area contributed by atoms with E-state index in [9.17, 15) is 14.0 Å². The molecule has 0 saturated heterocycles. The molecule has 0 aromatic heterocycles. The summed E-state index contributed by atoms with van der Waals surface area (Å²) in [5, 5.41) is 2.59. The monoisotopic (exact) mass is 378 g/mol. The lowest BCUT2D eigenvalue weighted by Crippen LogP contribution is -2.30. The van der Waals surface area contributed by atoms with E-state index in [1.807, 2.05) is 13.8 Å². The average molecular weight is 379 g/mol. The van der Waals surface area contributed by atoms with Crippen molar-refractivity contribution < 1.29 is 18.7 Å². The van der Waals surface area contributed by atoms with E-state index in [1.54, 1.807) is 29.2 Å². The van der Waals surface area contributed by atoms with Gasteiger partial charge in [-0.25, -0.2) is 4.39 Å². The number of amides is 2. The normalized spacial score (nSPS) is 10.3. The minimum absolute atomic E-state index is 0.0782. The lowest BCUT2D eigenvalue weighted by Gasteiger charge is -2.19. The number of nitrogens with one attached hydrogen (secondary N) is 1. The summed E-state index contributed by atoms with van der Waals surface area (Å²) in [6.07, 6.45) is 0. The number of carbonyl (C=O) groups excluding carboxylic acids is 2. The number of anilines is 1. The molecular weight excluding hydrogens is 359 g/mol. The molecule has 0 saturated carbocycles. The molecule has 5 nitrogen and oxygen atoms in total. The molecule has 138 valence electrons. The third kappa shape index (κ3) is 5.20. The first-order chi connectivity index (χ1) is 12.4. The summed E-state index contributed by atoms with van der Waals surface area (Å²) in [7, 11) is 0. The van der Waals surface area contributed by atoms with Crippen molar-refractivity contribution in [1.29, 1.82) is 0 Å². The Hall–Kier alpha value is -2.60. The van der Waals surface area contributed by atoms with Crippen molar-refractivity contribution in [3.05, 3.63) is 58.9 Å². The smallest absolute Gasteiger partial charge is 0.262 e. The number of rotatable bonds is 7. The lowest BCUT2D eigenvalue weighted by atomic mass is 10.1. The Morgan fingerprint density at radius 2 is 1.88 bits per heavy atom.